The lowest BCUT2D eigenvalue weighted by Gasteiger charge is -2.10. The highest BCUT2D eigenvalue weighted by Gasteiger charge is 2.26. The van der Waals surface area contributed by atoms with Crippen molar-refractivity contribution in [2.24, 2.45) is 5.73 Å². The van der Waals surface area contributed by atoms with Gasteiger partial charge in [-0.2, -0.15) is 9.97 Å². The summed E-state index contributed by atoms with van der Waals surface area (Å²) in [6.45, 7) is 3.34. The summed E-state index contributed by atoms with van der Waals surface area (Å²) >= 11 is 0. The Morgan fingerprint density at radius 3 is 2.96 bits per heavy atom. The van der Waals surface area contributed by atoms with Gasteiger partial charge in [0.25, 0.3) is 0 Å². The van der Waals surface area contributed by atoms with E-state index in [1.165, 1.54) is 0 Å². The molecule has 1 saturated carbocycles. The van der Waals surface area contributed by atoms with Crippen LogP contribution in [0, 0.1) is 0 Å². The first-order chi connectivity index (χ1) is 11.8. The smallest absolute Gasteiger partial charge is 0.247 e. The molecule has 1 aliphatic rings. The molecule has 0 aliphatic heterocycles. The Balaban J connectivity index is 1.73. The van der Waals surface area contributed by atoms with Gasteiger partial charge in [-0.25, -0.2) is 4.98 Å². The van der Waals surface area contributed by atoms with Gasteiger partial charge in [-0.05, 0) is 37.5 Å². The van der Waals surface area contributed by atoms with Gasteiger partial charge in [-0.3, -0.25) is 0 Å². The van der Waals surface area contributed by atoms with Crippen LogP contribution in [0.1, 0.15) is 25.3 Å². The molecule has 124 valence electrons. The standard InChI is InChI=1S/C17H20N6O/c1-2-23-10-19-14-15(23)21-17(22-16(14)24-13-6-7-13)20-12-5-3-4-11(8-12)9-18/h3-5,8,10,13H,2,6-7,9,18H2,1H3,(H,20,21,22). The number of aromatic nitrogens is 4. The summed E-state index contributed by atoms with van der Waals surface area (Å²) in [5, 5.41) is 3.25. The normalized spacial score (nSPS) is 14.1. The molecule has 7 heteroatoms. The minimum absolute atomic E-state index is 0.253. The van der Waals surface area contributed by atoms with Gasteiger partial charge in [-0.15, -0.1) is 0 Å². The third kappa shape index (κ3) is 2.90. The summed E-state index contributed by atoms with van der Waals surface area (Å²) in [4.78, 5) is 13.6. The number of hydrogen-bond acceptors (Lipinski definition) is 6. The molecule has 1 aliphatic carbocycles. The van der Waals surface area contributed by atoms with Crippen LogP contribution in [-0.2, 0) is 13.1 Å². The minimum atomic E-state index is 0.253. The molecule has 0 spiro atoms. The molecular formula is C17H20N6O. The largest absolute Gasteiger partial charge is 0.473 e. The predicted octanol–water partition coefficient (Wildman–Crippen LogP) is 2.59. The number of fused-ring (bicyclic) bond motifs is 1. The molecule has 0 amide bonds. The maximum Gasteiger partial charge on any atom is 0.247 e. The van der Waals surface area contributed by atoms with E-state index in [-0.39, 0.29) is 6.10 Å². The summed E-state index contributed by atoms with van der Waals surface area (Å²) in [5.41, 5.74) is 9.15. The topological polar surface area (TPSA) is 90.9 Å². The SMILES string of the molecule is CCn1cnc2c(OC3CC3)nc(Nc3cccc(CN)c3)nc21. The highest BCUT2D eigenvalue weighted by molar-refractivity contribution is 5.78. The lowest BCUT2D eigenvalue weighted by Crippen LogP contribution is -2.05. The number of imidazole rings is 1. The third-order valence-electron chi connectivity index (χ3n) is 3.99. The Bertz CT molecular complexity index is 871. The molecule has 1 fully saturated rings. The molecule has 0 atom stereocenters. The number of benzene rings is 1. The first-order valence-corrected chi connectivity index (χ1v) is 8.22. The van der Waals surface area contributed by atoms with Crippen molar-refractivity contribution in [1.29, 1.82) is 0 Å². The number of nitrogens with zero attached hydrogens (tertiary/aromatic N) is 4. The molecule has 2 heterocycles. The quantitative estimate of drug-likeness (QED) is 0.724. The summed E-state index contributed by atoms with van der Waals surface area (Å²) < 4.78 is 7.92. The predicted molar refractivity (Wildman–Crippen MR) is 92.3 cm³/mol. The summed E-state index contributed by atoms with van der Waals surface area (Å²) in [6, 6.07) is 7.90. The van der Waals surface area contributed by atoms with Gasteiger partial charge < -0.3 is 20.4 Å². The van der Waals surface area contributed by atoms with E-state index >= 15 is 0 Å². The van der Waals surface area contributed by atoms with Gasteiger partial charge in [0.05, 0.1) is 6.33 Å². The van der Waals surface area contributed by atoms with E-state index in [0.29, 0.717) is 23.9 Å². The Hall–Kier alpha value is -2.67. The van der Waals surface area contributed by atoms with Crippen molar-refractivity contribution in [3.05, 3.63) is 36.2 Å². The van der Waals surface area contributed by atoms with Gasteiger partial charge in [0.2, 0.25) is 11.8 Å². The van der Waals surface area contributed by atoms with E-state index in [4.69, 9.17) is 10.5 Å². The highest BCUT2D eigenvalue weighted by atomic mass is 16.5. The van der Waals surface area contributed by atoms with E-state index in [0.717, 1.165) is 36.3 Å². The van der Waals surface area contributed by atoms with Crippen LogP contribution in [0.3, 0.4) is 0 Å². The molecular weight excluding hydrogens is 304 g/mol. The van der Waals surface area contributed by atoms with Crippen LogP contribution >= 0.6 is 0 Å². The molecule has 7 nitrogen and oxygen atoms in total. The van der Waals surface area contributed by atoms with Crippen LogP contribution in [0.5, 0.6) is 5.88 Å². The first kappa shape index (κ1) is 14.9. The number of hydrogen-bond donors (Lipinski definition) is 2. The van der Waals surface area contributed by atoms with Crippen molar-refractivity contribution >= 4 is 22.8 Å². The average Bonchev–Trinajstić information content (AvgIpc) is 3.32. The lowest BCUT2D eigenvalue weighted by atomic mass is 10.2. The molecule has 0 radical (unpaired) electrons. The van der Waals surface area contributed by atoms with Crippen LogP contribution < -0.4 is 15.8 Å². The van der Waals surface area contributed by atoms with Crippen molar-refractivity contribution in [1.82, 2.24) is 19.5 Å². The Kier molecular flexibility index (Phi) is 3.78. The van der Waals surface area contributed by atoms with Crippen molar-refractivity contribution in [2.45, 2.75) is 39.0 Å². The fraction of sp³-hybridized carbons (Fsp3) is 0.353. The zero-order chi connectivity index (χ0) is 16.5. The number of nitrogens with two attached hydrogens (primary N) is 1. The molecule has 1 aromatic carbocycles. The summed E-state index contributed by atoms with van der Waals surface area (Å²) in [6.07, 6.45) is 4.17. The first-order valence-electron chi connectivity index (χ1n) is 8.22. The fourth-order valence-corrected chi connectivity index (χ4v) is 2.54. The van der Waals surface area contributed by atoms with Crippen molar-refractivity contribution in [3.8, 4) is 5.88 Å². The molecule has 3 aromatic rings. The van der Waals surface area contributed by atoms with E-state index in [1.54, 1.807) is 6.33 Å². The van der Waals surface area contributed by atoms with Crippen molar-refractivity contribution in [3.63, 3.8) is 0 Å². The number of ether oxygens (including phenoxy) is 1. The van der Waals surface area contributed by atoms with Crippen LogP contribution in [0.25, 0.3) is 11.2 Å². The molecule has 0 saturated heterocycles. The number of aryl methyl sites for hydroxylation is 1. The molecule has 0 unspecified atom stereocenters. The van der Waals surface area contributed by atoms with Crippen molar-refractivity contribution in [2.75, 3.05) is 5.32 Å². The third-order valence-corrected chi connectivity index (χ3v) is 3.99. The minimum Gasteiger partial charge on any atom is -0.473 e. The highest BCUT2D eigenvalue weighted by Crippen LogP contribution is 2.31. The molecule has 0 bridgehead atoms. The lowest BCUT2D eigenvalue weighted by molar-refractivity contribution is 0.294. The van der Waals surface area contributed by atoms with Gasteiger partial charge in [0.15, 0.2) is 11.2 Å². The van der Waals surface area contributed by atoms with E-state index < -0.39 is 0 Å². The van der Waals surface area contributed by atoms with E-state index in [2.05, 4.69) is 27.2 Å². The van der Waals surface area contributed by atoms with Crippen LogP contribution in [0.4, 0.5) is 11.6 Å². The van der Waals surface area contributed by atoms with E-state index in [9.17, 15) is 0 Å². The zero-order valence-corrected chi connectivity index (χ0v) is 13.6. The number of nitrogens with one attached hydrogen (secondary N) is 1. The van der Waals surface area contributed by atoms with Gasteiger partial charge in [-0.1, -0.05) is 12.1 Å². The van der Waals surface area contributed by atoms with Gasteiger partial charge in [0.1, 0.15) is 6.10 Å². The molecule has 4 rings (SSSR count). The Morgan fingerprint density at radius 1 is 1.33 bits per heavy atom. The second-order valence-electron chi connectivity index (χ2n) is 5.90. The van der Waals surface area contributed by atoms with Crippen LogP contribution in [-0.4, -0.2) is 25.6 Å². The fourth-order valence-electron chi connectivity index (χ4n) is 2.54. The average molecular weight is 324 g/mol. The van der Waals surface area contributed by atoms with Gasteiger partial charge >= 0.3 is 0 Å². The summed E-state index contributed by atoms with van der Waals surface area (Å²) in [7, 11) is 0. The summed E-state index contributed by atoms with van der Waals surface area (Å²) in [5.74, 6) is 1.05. The van der Waals surface area contributed by atoms with Crippen molar-refractivity contribution < 1.29 is 4.74 Å². The maximum absolute atomic E-state index is 5.93. The number of anilines is 2. The Labute approximate surface area is 139 Å². The maximum atomic E-state index is 5.93. The second-order valence-corrected chi connectivity index (χ2v) is 5.90. The zero-order valence-electron chi connectivity index (χ0n) is 13.6. The van der Waals surface area contributed by atoms with Crippen LogP contribution in [0.15, 0.2) is 30.6 Å². The Morgan fingerprint density at radius 2 is 2.21 bits per heavy atom. The monoisotopic (exact) mass is 324 g/mol. The molecule has 24 heavy (non-hydrogen) atoms. The van der Waals surface area contributed by atoms with Gasteiger partial charge in [0, 0.05) is 18.8 Å². The molecule has 2 aromatic heterocycles. The van der Waals surface area contributed by atoms with Crippen LogP contribution in [0.2, 0.25) is 0 Å². The number of rotatable bonds is 6. The van der Waals surface area contributed by atoms with E-state index in [1.807, 2.05) is 28.8 Å². The molecule has 3 N–H and O–H groups in total. The second kappa shape index (κ2) is 6.09.